The van der Waals surface area contributed by atoms with Gasteiger partial charge < -0.3 is 14.5 Å². The SMILES string of the molecule is C=CCn1nc(C(=O)N2CCOCC2)c2c1CCC(N(CC)CCN(CC)CC)C2. The van der Waals surface area contributed by atoms with Crippen molar-refractivity contribution >= 4 is 5.91 Å². The van der Waals surface area contributed by atoms with Gasteiger partial charge in [0.2, 0.25) is 0 Å². The van der Waals surface area contributed by atoms with Crippen molar-refractivity contribution in [1.82, 2.24) is 24.5 Å². The number of rotatable bonds is 10. The largest absolute Gasteiger partial charge is 0.378 e. The highest BCUT2D eigenvalue weighted by molar-refractivity contribution is 5.94. The molecule has 0 spiro atoms. The molecule has 1 aromatic heterocycles. The molecule has 1 saturated heterocycles. The number of morpholine rings is 1. The van der Waals surface area contributed by atoms with Crippen molar-refractivity contribution in [2.45, 2.75) is 52.6 Å². The zero-order valence-corrected chi connectivity index (χ0v) is 19.1. The van der Waals surface area contributed by atoms with Crippen molar-refractivity contribution < 1.29 is 9.53 Å². The van der Waals surface area contributed by atoms with Gasteiger partial charge in [-0.2, -0.15) is 5.10 Å². The predicted octanol–water partition coefficient (Wildman–Crippen LogP) is 2.06. The van der Waals surface area contributed by atoms with E-state index in [-0.39, 0.29) is 5.91 Å². The van der Waals surface area contributed by atoms with Gasteiger partial charge in [0.15, 0.2) is 5.69 Å². The fourth-order valence-corrected chi connectivity index (χ4v) is 4.75. The lowest BCUT2D eigenvalue weighted by Crippen LogP contribution is -2.44. The second-order valence-corrected chi connectivity index (χ2v) is 8.20. The Balaban J connectivity index is 1.79. The summed E-state index contributed by atoms with van der Waals surface area (Å²) in [6.45, 7) is 19.1. The maximum atomic E-state index is 13.3. The van der Waals surface area contributed by atoms with E-state index in [0.29, 0.717) is 44.6 Å². The molecule has 1 atom stereocenters. The van der Waals surface area contributed by atoms with Gasteiger partial charge in [0.05, 0.1) is 19.8 Å². The van der Waals surface area contributed by atoms with Crippen LogP contribution < -0.4 is 0 Å². The van der Waals surface area contributed by atoms with Gasteiger partial charge in [0, 0.05) is 43.5 Å². The summed E-state index contributed by atoms with van der Waals surface area (Å²) in [5.41, 5.74) is 3.03. The van der Waals surface area contributed by atoms with Gasteiger partial charge in [-0.25, -0.2) is 0 Å². The summed E-state index contributed by atoms with van der Waals surface area (Å²) in [4.78, 5) is 20.2. The molecular formula is C23H39N5O2. The Kier molecular flexibility index (Phi) is 8.48. The second kappa shape index (κ2) is 11.1. The zero-order valence-electron chi connectivity index (χ0n) is 19.1. The van der Waals surface area contributed by atoms with E-state index < -0.39 is 0 Å². The number of aromatic nitrogens is 2. The fraction of sp³-hybridized carbons (Fsp3) is 0.739. The molecule has 0 bridgehead atoms. The number of fused-ring (bicyclic) bond motifs is 1. The summed E-state index contributed by atoms with van der Waals surface area (Å²) >= 11 is 0. The highest BCUT2D eigenvalue weighted by Gasteiger charge is 2.33. The number of ether oxygens (including phenoxy) is 1. The first-order chi connectivity index (χ1) is 14.6. The van der Waals surface area contributed by atoms with Crippen LogP contribution in [0.25, 0.3) is 0 Å². The number of carbonyl (C=O) groups excluding carboxylic acids is 1. The molecule has 7 nitrogen and oxygen atoms in total. The summed E-state index contributed by atoms with van der Waals surface area (Å²) < 4.78 is 7.42. The number of hydrogen-bond donors (Lipinski definition) is 0. The van der Waals surface area contributed by atoms with E-state index >= 15 is 0 Å². The molecule has 0 saturated carbocycles. The van der Waals surface area contributed by atoms with E-state index in [9.17, 15) is 4.79 Å². The van der Waals surface area contributed by atoms with Crippen LogP contribution in [0.5, 0.6) is 0 Å². The van der Waals surface area contributed by atoms with Gasteiger partial charge in [-0.15, -0.1) is 6.58 Å². The average molecular weight is 418 g/mol. The third kappa shape index (κ3) is 5.13. The third-order valence-corrected chi connectivity index (χ3v) is 6.64. The Labute approximate surface area is 181 Å². The molecule has 0 aromatic carbocycles. The van der Waals surface area contributed by atoms with Crippen molar-refractivity contribution in [3.63, 3.8) is 0 Å². The molecule has 1 aliphatic carbocycles. The molecule has 1 unspecified atom stereocenters. The van der Waals surface area contributed by atoms with E-state index in [0.717, 1.165) is 57.5 Å². The minimum absolute atomic E-state index is 0.0594. The number of likely N-dealkylation sites (N-methyl/N-ethyl adjacent to an activating group) is 2. The predicted molar refractivity (Wildman–Crippen MR) is 120 cm³/mol. The summed E-state index contributed by atoms with van der Waals surface area (Å²) in [6.07, 6.45) is 4.86. The quantitative estimate of drug-likeness (QED) is 0.546. The monoisotopic (exact) mass is 417 g/mol. The number of amides is 1. The molecule has 168 valence electrons. The van der Waals surface area contributed by atoms with E-state index in [4.69, 9.17) is 9.84 Å². The van der Waals surface area contributed by atoms with Crippen LogP contribution in [0.4, 0.5) is 0 Å². The van der Waals surface area contributed by atoms with Gasteiger partial charge in [-0.1, -0.05) is 26.8 Å². The van der Waals surface area contributed by atoms with Crippen LogP contribution in [-0.2, 0) is 24.1 Å². The Hall–Kier alpha value is -1.70. The fourth-order valence-electron chi connectivity index (χ4n) is 4.75. The van der Waals surface area contributed by atoms with Crippen molar-refractivity contribution in [1.29, 1.82) is 0 Å². The molecule has 2 aliphatic rings. The first kappa shape index (κ1) is 23.0. The van der Waals surface area contributed by atoms with E-state index in [2.05, 4.69) is 37.1 Å². The zero-order chi connectivity index (χ0) is 21.5. The number of allylic oxidation sites excluding steroid dienone is 1. The van der Waals surface area contributed by atoms with Gasteiger partial charge in [-0.3, -0.25) is 14.4 Å². The molecule has 30 heavy (non-hydrogen) atoms. The van der Waals surface area contributed by atoms with Crippen LogP contribution in [-0.4, -0.2) is 95.5 Å². The van der Waals surface area contributed by atoms with Crippen LogP contribution >= 0.6 is 0 Å². The van der Waals surface area contributed by atoms with Gasteiger partial charge in [0.1, 0.15) is 0 Å². The Morgan fingerprint density at radius 1 is 1.20 bits per heavy atom. The molecule has 3 rings (SSSR count). The summed E-state index contributed by atoms with van der Waals surface area (Å²) in [5, 5.41) is 4.76. The molecule has 0 N–H and O–H groups in total. The van der Waals surface area contributed by atoms with Crippen LogP contribution in [0.2, 0.25) is 0 Å². The highest BCUT2D eigenvalue weighted by Crippen LogP contribution is 2.28. The summed E-state index contributed by atoms with van der Waals surface area (Å²) in [6, 6.07) is 0.468. The first-order valence-corrected chi connectivity index (χ1v) is 11.7. The molecular weight excluding hydrogens is 378 g/mol. The topological polar surface area (TPSA) is 53.8 Å². The van der Waals surface area contributed by atoms with E-state index in [1.54, 1.807) is 0 Å². The van der Waals surface area contributed by atoms with Crippen molar-refractivity contribution in [3.8, 4) is 0 Å². The molecule has 2 heterocycles. The molecule has 0 radical (unpaired) electrons. The Morgan fingerprint density at radius 2 is 1.93 bits per heavy atom. The van der Waals surface area contributed by atoms with Gasteiger partial charge in [-0.05, 0) is 38.9 Å². The van der Waals surface area contributed by atoms with Crippen LogP contribution in [0.3, 0.4) is 0 Å². The normalized spacial score (nSPS) is 19.4. The van der Waals surface area contributed by atoms with Gasteiger partial charge >= 0.3 is 0 Å². The molecule has 1 fully saturated rings. The minimum atomic E-state index is 0.0594. The van der Waals surface area contributed by atoms with E-state index in [1.165, 1.54) is 5.69 Å². The highest BCUT2D eigenvalue weighted by atomic mass is 16.5. The second-order valence-electron chi connectivity index (χ2n) is 8.20. The van der Waals surface area contributed by atoms with Crippen LogP contribution in [0.1, 0.15) is 48.9 Å². The maximum absolute atomic E-state index is 13.3. The van der Waals surface area contributed by atoms with Crippen molar-refractivity contribution in [2.75, 3.05) is 59.0 Å². The number of nitrogens with zero attached hydrogens (tertiary/aromatic N) is 5. The Morgan fingerprint density at radius 3 is 2.57 bits per heavy atom. The smallest absolute Gasteiger partial charge is 0.274 e. The summed E-state index contributed by atoms with van der Waals surface area (Å²) in [5.74, 6) is 0.0594. The molecule has 1 amide bonds. The lowest BCUT2D eigenvalue weighted by Gasteiger charge is -2.35. The van der Waals surface area contributed by atoms with Crippen molar-refractivity contribution in [2.24, 2.45) is 0 Å². The van der Waals surface area contributed by atoms with Gasteiger partial charge in [0.25, 0.3) is 5.91 Å². The molecule has 1 aromatic rings. The number of carbonyl (C=O) groups is 1. The lowest BCUT2D eigenvalue weighted by atomic mass is 9.90. The number of hydrogen-bond acceptors (Lipinski definition) is 5. The lowest BCUT2D eigenvalue weighted by molar-refractivity contribution is 0.0297. The maximum Gasteiger partial charge on any atom is 0.274 e. The Bertz CT molecular complexity index is 707. The third-order valence-electron chi connectivity index (χ3n) is 6.64. The van der Waals surface area contributed by atoms with Crippen LogP contribution in [0, 0.1) is 0 Å². The van der Waals surface area contributed by atoms with E-state index in [1.807, 2.05) is 15.7 Å². The standard InChI is InChI=1S/C23H39N5O2/c1-5-11-28-21-10-9-19(26(8-4)13-12-25(6-2)7-3)18-20(21)22(24-28)23(29)27-14-16-30-17-15-27/h5,19H,1,6-18H2,2-4H3. The van der Waals surface area contributed by atoms with Crippen LogP contribution in [0.15, 0.2) is 12.7 Å². The molecule has 7 heteroatoms. The summed E-state index contributed by atoms with van der Waals surface area (Å²) in [7, 11) is 0. The first-order valence-electron chi connectivity index (χ1n) is 11.7. The molecule has 1 aliphatic heterocycles. The van der Waals surface area contributed by atoms with Crippen molar-refractivity contribution in [3.05, 3.63) is 29.6 Å². The average Bonchev–Trinajstić information content (AvgIpc) is 3.15. The minimum Gasteiger partial charge on any atom is -0.378 e.